The zero-order valence-electron chi connectivity index (χ0n) is 20.7. The minimum atomic E-state index is 0. The Balaban J connectivity index is 0.00000385. The van der Waals surface area contributed by atoms with Crippen molar-refractivity contribution in [3.05, 3.63) is 53.1 Å². The van der Waals surface area contributed by atoms with E-state index in [0.29, 0.717) is 12.1 Å². The van der Waals surface area contributed by atoms with Gasteiger partial charge in [-0.05, 0) is 82.2 Å². The van der Waals surface area contributed by atoms with Gasteiger partial charge in [-0.2, -0.15) is 0 Å². The first kappa shape index (κ1) is 27.1. The van der Waals surface area contributed by atoms with Crippen LogP contribution in [0.1, 0.15) is 49.2 Å². The van der Waals surface area contributed by atoms with Gasteiger partial charge in [0.2, 0.25) is 0 Å². The summed E-state index contributed by atoms with van der Waals surface area (Å²) >= 11 is 1.61. The molecule has 1 heterocycles. The highest BCUT2D eigenvalue weighted by atomic mass is 35.5. The summed E-state index contributed by atoms with van der Waals surface area (Å²) in [5, 5.41) is 0.777. The summed E-state index contributed by atoms with van der Waals surface area (Å²) < 4.78 is 1.16. The van der Waals surface area contributed by atoms with Gasteiger partial charge >= 0.3 is 0 Å². The molecule has 0 N–H and O–H groups in total. The molecule has 0 radical (unpaired) electrons. The van der Waals surface area contributed by atoms with E-state index in [1.165, 1.54) is 11.1 Å². The van der Waals surface area contributed by atoms with Gasteiger partial charge in [-0.3, -0.25) is 9.69 Å². The van der Waals surface area contributed by atoms with Crippen LogP contribution >= 0.6 is 23.7 Å². The second-order valence-electron chi connectivity index (χ2n) is 8.13. The number of thiazole rings is 1. The summed E-state index contributed by atoms with van der Waals surface area (Å²) in [5.41, 5.74) is 5.23. The number of rotatable bonds is 10. The van der Waals surface area contributed by atoms with Crippen LogP contribution < -0.4 is 9.80 Å². The SMILES string of the molecule is CCN(CC)CCN(C(=O)c1ccc(N(CC)CC)cc1)c1nc2cc(C)cc(C)c2s1.Cl. The number of fused-ring (bicyclic) bond motifs is 1. The molecule has 0 spiro atoms. The molecule has 0 saturated heterocycles. The molecule has 0 aliphatic heterocycles. The normalized spacial score (nSPS) is 11.0. The van der Waals surface area contributed by atoms with E-state index in [1.807, 2.05) is 17.0 Å². The number of nitrogens with zero attached hydrogens (tertiary/aromatic N) is 4. The van der Waals surface area contributed by atoms with Crippen molar-refractivity contribution >= 4 is 50.7 Å². The Kier molecular flexibility index (Phi) is 10.1. The molecular weight excluding hydrogens is 452 g/mol. The molecule has 2 aromatic carbocycles. The van der Waals surface area contributed by atoms with E-state index in [9.17, 15) is 4.79 Å². The van der Waals surface area contributed by atoms with E-state index in [0.717, 1.165) is 53.8 Å². The molecule has 0 fully saturated rings. The van der Waals surface area contributed by atoms with Crippen LogP contribution in [0.15, 0.2) is 36.4 Å². The largest absolute Gasteiger partial charge is 0.372 e. The maximum absolute atomic E-state index is 13.6. The standard InChI is InChI=1S/C26H36N4OS.ClH/c1-7-28(8-2)15-16-30(26-27-23-18-19(5)17-20(6)24(23)32-26)25(31)21-11-13-22(14-12-21)29(9-3)10-4;/h11-14,17-18H,7-10,15-16H2,1-6H3;1H. The van der Waals surface area contributed by atoms with Crippen LogP contribution in [-0.2, 0) is 0 Å². The molecule has 33 heavy (non-hydrogen) atoms. The lowest BCUT2D eigenvalue weighted by Gasteiger charge is -2.25. The molecule has 0 aliphatic rings. The van der Waals surface area contributed by atoms with Crippen molar-refractivity contribution in [1.29, 1.82) is 0 Å². The van der Waals surface area contributed by atoms with Crippen LogP contribution in [0.4, 0.5) is 10.8 Å². The summed E-state index contributed by atoms with van der Waals surface area (Å²) in [6.07, 6.45) is 0. The molecule has 1 aromatic heterocycles. The van der Waals surface area contributed by atoms with E-state index in [-0.39, 0.29) is 18.3 Å². The van der Waals surface area contributed by atoms with Crippen molar-refractivity contribution in [3.63, 3.8) is 0 Å². The average Bonchev–Trinajstić information content (AvgIpc) is 3.22. The van der Waals surface area contributed by atoms with Crippen molar-refractivity contribution in [3.8, 4) is 0 Å². The fourth-order valence-electron chi connectivity index (χ4n) is 4.11. The predicted molar refractivity (Wildman–Crippen MR) is 146 cm³/mol. The molecule has 3 rings (SSSR count). The Labute approximate surface area is 208 Å². The number of aromatic nitrogens is 1. The Morgan fingerprint density at radius 2 is 1.55 bits per heavy atom. The molecule has 0 saturated carbocycles. The number of likely N-dealkylation sites (N-methyl/N-ethyl adjacent to an activating group) is 1. The molecule has 0 atom stereocenters. The molecular formula is C26H37ClN4OS. The van der Waals surface area contributed by atoms with E-state index in [1.54, 1.807) is 11.3 Å². The summed E-state index contributed by atoms with van der Waals surface area (Å²) in [6.45, 7) is 18.1. The first-order chi connectivity index (χ1) is 15.4. The lowest BCUT2D eigenvalue weighted by atomic mass is 10.1. The highest BCUT2D eigenvalue weighted by Gasteiger charge is 2.22. The number of hydrogen-bond acceptors (Lipinski definition) is 5. The molecule has 7 heteroatoms. The van der Waals surface area contributed by atoms with Crippen LogP contribution in [0.25, 0.3) is 10.2 Å². The lowest BCUT2D eigenvalue weighted by molar-refractivity contribution is 0.0984. The molecule has 0 aliphatic carbocycles. The number of halogens is 1. The van der Waals surface area contributed by atoms with E-state index < -0.39 is 0 Å². The Hall–Kier alpha value is -2.15. The highest BCUT2D eigenvalue weighted by Crippen LogP contribution is 2.33. The van der Waals surface area contributed by atoms with Gasteiger partial charge in [-0.25, -0.2) is 4.98 Å². The van der Waals surface area contributed by atoms with Gasteiger partial charge in [0.25, 0.3) is 5.91 Å². The van der Waals surface area contributed by atoms with Gasteiger partial charge < -0.3 is 9.80 Å². The van der Waals surface area contributed by atoms with E-state index >= 15 is 0 Å². The Morgan fingerprint density at radius 3 is 2.12 bits per heavy atom. The van der Waals surface area contributed by atoms with Gasteiger partial charge in [-0.15, -0.1) is 12.4 Å². The second kappa shape index (κ2) is 12.4. The maximum atomic E-state index is 13.6. The quantitative estimate of drug-likeness (QED) is 0.342. The highest BCUT2D eigenvalue weighted by molar-refractivity contribution is 7.22. The van der Waals surface area contributed by atoms with Crippen LogP contribution in [0.5, 0.6) is 0 Å². The van der Waals surface area contributed by atoms with Gasteiger partial charge in [0.15, 0.2) is 5.13 Å². The van der Waals surface area contributed by atoms with E-state index in [4.69, 9.17) is 4.98 Å². The number of benzene rings is 2. The van der Waals surface area contributed by atoms with Gasteiger partial charge in [0.1, 0.15) is 0 Å². The molecule has 1 amide bonds. The van der Waals surface area contributed by atoms with Crippen LogP contribution in [0.2, 0.25) is 0 Å². The smallest absolute Gasteiger partial charge is 0.260 e. The fraction of sp³-hybridized carbons (Fsp3) is 0.462. The fourth-order valence-corrected chi connectivity index (χ4v) is 5.15. The number of amides is 1. The van der Waals surface area contributed by atoms with Gasteiger partial charge in [0.05, 0.1) is 10.2 Å². The van der Waals surface area contributed by atoms with Crippen LogP contribution in [0.3, 0.4) is 0 Å². The topological polar surface area (TPSA) is 39.7 Å². The van der Waals surface area contributed by atoms with Crippen molar-refractivity contribution in [2.75, 3.05) is 49.1 Å². The molecule has 180 valence electrons. The summed E-state index contributed by atoms with van der Waals surface area (Å²) in [7, 11) is 0. The zero-order valence-corrected chi connectivity index (χ0v) is 22.4. The minimum absolute atomic E-state index is 0. The number of aryl methyl sites for hydroxylation is 2. The number of carbonyl (C=O) groups excluding carboxylic acids is 1. The Morgan fingerprint density at radius 1 is 0.909 bits per heavy atom. The third-order valence-electron chi connectivity index (χ3n) is 6.06. The monoisotopic (exact) mass is 488 g/mol. The average molecular weight is 489 g/mol. The van der Waals surface area contributed by atoms with Gasteiger partial charge in [-0.1, -0.05) is 31.3 Å². The summed E-state index contributed by atoms with van der Waals surface area (Å²) in [5.74, 6) is 0.0108. The summed E-state index contributed by atoms with van der Waals surface area (Å²) in [4.78, 5) is 25.0. The molecule has 5 nitrogen and oxygen atoms in total. The lowest BCUT2D eigenvalue weighted by Crippen LogP contribution is -2.38. The number of anilines is 2. The molecule has 0 unspecified atom stereocenters. The maximum Gasteiger partial charge on any atom is 0.260 e. The first-order valence-electron chi connectivity index (χ1n) is 11.7. The summed E-state index contributed by atoms with van der Waals surface area (Å²) in [6, 6.07) is 12.3. The zero-order chi connectivity index (χ0) is 23.3. The second-order valence-corrected chi connectivity index (χ2v) is 9.11. The minimum Gasteiger partial charge on any atom is -0.372 e. The molecule has 3 aromatic rings. The molecule has 0 bridgehead atoms. The van der Waals surface area contributed by atoms with E-state index in [2.05, 4.69) is 75.6 Å². The van der Waals surface area contributed by atoms with Crippen molar-refractivity contribution in [1.82, 2.24) is 9.88 Å². The van der Waals surface area contributed by atoms with Crippen LogP contribution in [0, 0.1) is 13.8 Å². The number of carbonyl (C=O) groups is 1. The van der Waals surface area contributed by atoms with Crippen molar-refractivity contribution < 1.29 is 4.79 Å². The Bertz CT molecular complexity index is 1040. The first-order valence-corrected chi connectivity index (χ1v) is 12.5. The third kappa shape index (κ3) is 6.25. The van der Waals surface area contributed by atoms with Crippen molar-refractivity contribution in [2.45, 2.75) is 41.5 Å². The number of hydrogen-bond donors (Lipinski definition) is 0. The third-order valence-corrected chi connectivity index (χ3v) is 7.29. The van der Waals surface area contributed by atoms with Crippen LogP contribution in [-0.4, -0.2) is 55.1 Å². The van der Waals surface area contributed by atoms with Crippen molar-refractivity contribution in [2.24, 2.45) is 0 Å². The van der Waals surface area contributed by atoms with Gasteiger partial charge in [0, 0.05) is 37.4 Å². The predicted octanol–water partition coefficient (Wildman–Crippen LogP) is 6.17.